The van der Waals surface area contributed by atoms with Crippen molar-refractivity contribution in [3.8, 4) is 0 Å². The molecule has 0 radical (unpaired) electrons. The summed E-state index contributed by atoms with van der Waals surface area (Å²) in [6.07, 6.45) is -4.42. The van der Waals surface area contributed by atoms with Gasteiger partial charge in [0.1, 0.15) is 0 Å². The molecule has 0 aliphatic heterocycles. The van der Waals surface area contributed by atoms with Crippen molar-refractivity contribution >= 4 is 28.9 Å². The molecule has 0 atom stereocenters. The average molecular weight is 400 g/mol. The first-order chi connectivity index (χ1) is 12.6. The highest BCUT2D eigenvalue weighted by Gasteiger charge is 2.30. The van der Waals surface area contributed by atoms with Crippen LogP contribution >= 0.6 is 11.6 Å². The summed E-state index contributed by atoms with van der Waals surface area (Å²) in [6.45, 7) is 1.53. The van der Waals surface area contributed by atoms with E-state index < -0.39 is 17.6 Å². The van der Waals surface area contributed by atoms with E-state index in [4.69, 9.17) is 11.6 Å². The van der Waals surface area contributed by atoms with E-state index in [1.165, 1.54) is 12.1 Å². The number of carbonyl (C=O) groups excluding carboxylic acids is 1. The predicted molar refractivity (Wildman–Crippen MR) is 103 cm³/mol. The number of nitrogens with zero attached hydrogens (tertiary/aromatic N) is 2. The summed E-state index contributed by atoms with van der Waals surface area (Å²) in [7, 11) is 5.80. The second kappa shape index (κ2) is 8.63. The number of anilines is 2. The van der Waals surface area contributed by atoms with Gasteiger partial charge in [-0.05, 0) is 50.5 Å². The third-order valence-corrected chi connectivity index (χ3v) is 4.38. The molecule has 0 aliphatic rings. The lowest BCUT2D eigenvalue weighted by Gasteiger charge is -2.23. The molecular weight excluding hydrogens is 379 g/mol. The fourth-order valence-electron chi connectivity index (χ4n) is 2.40. The molecule has 0 saturated carbocycles. The number of carbonyl (C=O) groups is 1. The summed E-state index contributed by atoms with van der Waals surface area (Å²) in [5, 5.41) is 2.87. The van der Waals surface area contributed by atoms with Crippen LogP contribution in [0, 0.1) is 0 Å². The number of hydrogen-bond acceptors (Lipinski definition) is 3. The summed E-state index contributed by atoms with van der Waals surface area (Å²) in [4.78, 5) is 16.5. The lowest BCUT2D eigenvalue weighted by molar-refractivity contribution is -0.137. The van der Waals surface area contributed by atoms with E-state index >= 15 is 0 Å². The molecular formula is C19H21ClF3N3O. The zero-order chi connectivity index (χ0) is 20.2. The first kappa shape index (κ1) is 21.1. The first-order valence-corrected chi connectivity index (χ1v) is 8.60. The number of likely N-dealkylation sites (N-methyl/N-ethyl adjacent to an activating group) is 2. The lowest BCUT2D eigenvalue weighted by Crippen LogP contribution is -2.29. The van der Waals surface area contributed by atoms with Crippen molar-refractivity contribution in [3.05, 3.63) is 58.6 Å². The first-order valence-electron chi connectivity index (χ1n) is 8.22. The molecule has 0 aromatic heterocycles. The molecule has 0 heterocycles. The maximum atomic E-state index is 12.6. The van der Waals surface area contributed by atoms with E-state index in [0.29, 0.717) is 10.7 Å². The molecule has 1 amide bonds. The number of hydrogen-bond donors (Lipinski definition) is 1. The van der Waals surface area contributed by atoms with Crippen LogP contribution in [-0.4, -0.2) is 45.0 Å². The Kier molecular flexibility index (Phi) is 6.73. The van der Waals surface area contributed by atoms with Gasteiger partial charge in [-0.25, -0.2) is 0 Å². The number of nitrogens with one attached hydrogen (secondary N) is 1. The van der Waals surface area contributed by atoms with Crippen LogP contribution in [0.3, 0.4) is 0 Å². The summed E-state index contributed by atoms with van der Waals surface area (Å²) in [5.41, 5.74) is 0.447. The Morgan fingerprint density at radius 1 is 1.04 bits per heavy atom. The average Bonchev–Trinajstić information content (AvgIpc) is 2.59. The van der Waals surface area contributed by atoms with Crippen LogP contribution in [0.4, 0.5) is 24.5 Å². The Balaban J connectivity index is 2.16. The second-order valence-electron chi connectivity index (χ2n) is 6.39. The summed E-state index contributed by atoms with van der Waals surface area (Å²) >= 11 is 6.40. The highest BCUT2D eigenvalue weighted by Crippen LogP contribution is 2.31. The summed E-state index contributed by atoms with van der Waals surface area (Å²) < 4.78 is 37.9. The fraction of sp³-hybridized carbons (Fsp3) is 0.316. The molecule has 0 spiro atoms. The van der Waals surface area contributed by atoms with E-state index in [9.17, 15) is 18.0 Å². The molecule has 2 rings (SSSR count). The minimum atomic E-state index is -4.42. The van der Waals surface area contributed by atoms with Gasteiger partial charge in [0.05, 0.1) is 21.8 Å². The largest absolute Gasteiger partial charge is 0.416 e. The SMILES string of the molecule is CN(C)CCN(C)c1cccc(C(=O)Nc2ccc(C(F)(F)F)cc2)c1Cl. The van der Waals surface area contributed by atoms with E-state index in [0.717, 1.165) is 25.2 Å². The van der Waals surface area contributed by atoms with Crippen molar-refractivity contribution in [3.63, 3.8) is 0 Å². The maximum Gasteiger partial charge on any atom is 0.416 e. The van der Waals surface area contributed by atoms with Gasteiger partial charge in [-0.2, -0.15) is 13.2 Å². The van der Waals surface area contributed by atoms with Crippen LogP contribution in [0.5, 0.6) is 0 Å². The number of benzene rings is 2. The lowest BCUT2D eigenvalue weighted by atomic mass is 10.1. The number of amides is 1. The molecule has 146 valence electrons. The smallest absolute Gasteiger partial charge is 0.372 e. The quantitative estimate of drug-likeness (QED) is 0.770. The van der Waals surface area contributed by atoms with Gasteiger partial charge in [0, 0.05) is 25.8 Å². The van der Waals surface area contributed by atoms with Gasteiger partial charge in [0.15, 0.2) is 0 Å². The van der Waals surface area contributed by atoms with Crippen molar-refractivity contribution < 1.29 is 18.0 Å². The zero-order valence-corrected chi connectivity index (χ0v) is 16.0. The van der Waals surface area contributed by atoms with Gasteiger partial charge in [-0.3, -0.25) is 4.79 Å². The molecule has 1 N–H and O–H groups in total. The molecule has 27 heavy (non-hydrogen) atoms. The number of rotatable bonds is 6. The zero-order valence-electron chi connectivity index (χ0n) is 15.3. The highest BCUT2D eigenvalue weighted by molar-refractivity contribution is 6.37. The standard InChI is InChI=1S/C19H21ClF3N3O/c1-25(2)11-12-26(3)16-6-4-5-15(17(16)20)18(27)24-14-9-7-13(8-10-14)19(21,22)23/h4-10H,11-12H2,1-3H3,(H,24,27). The highest BCUT2D eigenvalue weighted by atomic mass is 35.5. The van der Waals surface area contributed by atoms with E-state index in [2.05, 4.69) is 5.32 Å². The summed E-state index contributed by atoms with van der Waals surface area (Å²) in [6, 6.07) is 9.36. The van der Waals surface area contributed by atoms with Crippen molar-refractivity contribution in [2.45, 2.75) is 6.18 Å². The third kappa shape index (κ3) is 5.61. The third-order valence-electron chi connectivity index (χ3n) is 3.99. The monoisotopic (exact) mass is 399 g/mol. The van der Waals surface area contributed by atoms with Gasteiger partial charge in [-0.15, -0.1) is 0 Å². The molecule has 0 fully saturated rings. The normalized spacial score (nSPS) is 11.6. The molecule has 4 nitrogen and oxygen atoms in total. The van der Waals surface area contributed by atoms with Crippen LogP contribution in [-0.2, 0) is 6.18 Å². The van der Waals surface area contributed by atoms with E-state index in [1.54, 1.807) is 12.1 Å². The molecule has 2 aromatic carbocycles. The van der Waals surface area contributed by atoms with E-state index in [-0.39, 0.29) is 11.3 Å². The Morgan fingerprint density at radius 2 is 1.67 bits per heavy atom. The van der Waals surface area contributed by atoms with Crippen LogP contribution in [0.1, 0.15) is 15.9 Å². The van der Waals surface area contributed by atoms with Crippen LogP contribution in [0.25, 0.3) is 0 Å². The van der Waals surface area contributed by atoms with Gasteiger partial charge in [0.2, 0.25) is 0 Å². The number of alkyl halides is 3. The van der Waals surface area contributed by atoms with Gasteiger partial charge < -0.3 is 15.1 Å². The van der Waals surface area contributed by atoms with Crippen molar-refractivity contribution in [1.29, 1.82) is 0 Å². The number of halogens is 4. The Hall–Kier alpha value is -2.25. The Bertz CT molecular complexity index is 792. The fourth-order valence-corrected chi connectivity index (χ4v) is 2.76. The topological polar surface area (TPSA) is 35.6 Å². The van der Waals surface area contributed by atoms with Crippen LogP contribution in [0.15, 0.2) is 42.5 Å². The summed E-state index contributed by atoms with van der Waals surface area (Å²) in [5.74, 6) is -0.484. The van der Waals surface area contributed by atoms with Crippen LogP contribution in [0.2, 0.25) is 5.02 Å². The molecule has 2 aromatic rings. The molecule has 0 saturated heterocycles. The van der Waals surface area contributed by atoms with Gasteiger partial charge in [-0.1, -0.05) is 17.7 Å². The van der Waals surface area contributed by atoms with Crippen molar-refractivity contribution in [2.24, 2.45) is 0 Å². The minimum Gasteiger partial charge on any atom is -0.372 e. The Morgan fingerprint density at radius 3 is 2.22 bits per heavy atom. The van der Waals surface area contributed by atoms with Gasteiger partial charge in [0.25, 0.3) is 5.91 Å². The molecule has 0 unspecified atom stereocenters. The van der Waals surface area contributed by atoms with Crippen molar-refractivity contribution in [2.75, 3.05) is 44.4 Å². The minimum absolute atomic E-state index is 0.255. The van der Waals surface area contributed by atoms with Crippen LogP contribution < -0.4 is 10.2 Å². The molecule has 0 aliphatic carbocycles. The molecule has 0 bridgehead atoms. The maximum absolute atomic E-state index is 12.6. The predicted octanol–water partition coefficient (Wildman–Crippen LogP) is 4.61. The Labute approximate surface area is 161 Å². The van der Waals surface area contributed by atoms with Gasteiger partial charge >= 0.3 is 6.18 Å². The second-order valence-corrected chi connectivity index (χ2v) is 6.77. The molecule has 8 heteroatoms. The van der Waals surface area contributed by atoms with Crippen molar-refractivity contribution in [1.82, 2.24) is 4.90 Å². The van der Waals surface area contributed by atoms with E-state index in [1.807, 2.05) is 37.0 Å².